The quantitative estimate of drug-likeness (QED) is 0.864. The second-order valence-corrected chi connectivity index (χ2v) is 5.93. The lowest BCUT2D eigenvalue weighted by atomic mass is 10.1. The fourth-order valence-corrected chi connectivity index (χ4v) is 2.93. The molecule has 3 nitrogen and oxygen atoms in total. The van der Waals surface area contributed by atoms with Crippen LogP contribution < -0.4 is 5.32 Å². The van der Waals surface area contributed by atoms with Crippen LogP contribution in [0, 0.1) is 13.8 Å². The Morgan fingerprint density at radius 1 is 1.32 bits per heavy atom. The summed E-state index contributed by atoms with van der Waals surface area (Å²) in [6.45, 7) is 6.18. The summed E-state index contributed by atoms with van der Waals surface area (Å²) in [7, 11) is 0. The van der Waals surface area contributed by atoms with Gasteiger partial charge in [-0.05, 0) is 42.8 Å². The van der Waals surface area contributed by atoms with Gasteiger partial charge >= 0.3 is 0 Å². The molecule has 0 spiro atoms. The lowest BCUT2D eigenvalue weighted by Gasteiger charge is -2.19. The van der Waals surface area contributed by atoms with E-state index in [1.54, 1.807) is 11.3 Å². The van der Waals surface area contributed by atoms with Crippen LogP contribution in [0.15, 0.2) is 17.5 Å². The van der Waals surface area contributed by atoms with Crippen molar-refractivity contribution in [1.82, 2.24) is 10.2 Å². The normalized spacial score (nSPS) is 12.4. The highest BCUT2D eigenvalue weighted by molar-refractivity contribution is 7.10. The molecule has 0 radical (unpaired) electrons. The summed E-state index contributed by atoms with van der Waals surface area (Å²) in [5, 5.41) is 14.2. The zero-order valence-electron chi connectivity index (χ0n) is 11.4. The first kappa shape index (κ1) is 14.3. The van der Waals surface area contributed by atoms with Gasteiger partial charge in [-0.1, -0.05) is 31.0 Å². The first-order chi connectivity index (χ1) is 9.13. The molecule has 0 amide bonds. The van der Waals surface area contributed by atoms with Crippen molar-refractivity contribution < 1.29 is 0 Å². The summed E-state index contributed by atoms with van der Waals surface area (Å²) in [5.41, 5.74) is 2.05. The van der Waals surface area contributed by atoms with Crippen molar-refractivity contribution in [2.24, 2.45) is 0 Å². The minimum Gasteiger partial charge on any atom is -0.361 e. The Kier molecular flexibility index (Phi) is 4.77. The van der Waals surface area contributed by atoms with Gasteiger partial charge in [0.2, 0.25) is 0 Å². The monoisotopic (exact) mass is 295 g/mol. The van der Waals surface area contributed by atoms with Gasteiger partial charge in [0.05, 0.1) is 6.04 Å². The van der Waals surface area contributed by atoms with E-state index in [9.17, 15) is 0 Å². The number of halogens is 1. The maximum absolute atomic E-state index is 5.98. The predicted octanol–water partition coefficient (Wildman–Crippen LogP) is 4.76. The van der Waals surface area contributed by atoms with E-state index in [1.807, 2.05) is 13.8 Å². The molecule has 2 aromatic heterocycles. The van der Waals surface area contributed by atoms with Crippen molar-refractivity contribution in [3.05, 3.63) is 38.7 Å². The molecule has 2 aromatic rings. The van der Waals surface area contributed by atoms with Crippen LogP contribution in [0.4, 0.5) is 5.82 Å². The summed E-state index contributed by atoms with van der Waals surface area (Å²) >= 11 is 7.75. The molecular formula is C14H18ClN3S. The molecule has 0 aromatic carbocycles. The van der Waals surface area contributed by atoms with Crippen LogP contribution in [-0.2, 0) is 0 Å². The Balaban J connectivity index is 2.25. The zero-order valence-corrected chi connectivity index (χ0v) is 13.0. The number of nitrogens with one attached hydrogen (secondary N) is 1. The summed E-state index contributed by atoms with van der Waals surface area (Å²) in [6.07, 6.45) is 2.19. The van der Waals surface area contributed by atoms with Crippen LogP contribution in [0.3, 0.4) is 0 Å². The smallest absolute Gasteiger partial charge is 0.155 e. The summed E-state index contributed by atoms with van der Waals surface area (Å²) in [5.74, 6) is 0.828. The van der Waals surface area contributed by atoms with Gasteiger partial charge in [-0.3, -0.25) is 0 Å². The van der Waals surface area contributed by atoms with E-state index >= 15 is 0 Å². The minimum absolute atomic E-state index is 0.290. The Morgan fingerprint density at radius 3 is 2.74 bits per heavy atom. The molecule has 2 rings (SSSR count). The van der Waals surface area contributed by atoms with E-state index in [1.165, 1.54) is 4.88 Å². The minimum atomic E-state index is 0.290. The van der Waals surface area contributed by atoms with E-state index < -0.39 is 0 Å². The Labute approximate surface area is 123 Å². The summed E-state index contributed by atoms with van der Waals surface area (Å²) in [4.78, 5) is 1.33. The third kappa shape index (κ3) is 3.25. The standard InChI is InChI=1S/C14H18ClN3S/c1-4-6-11(12-7-5-8-19-12)16-14-10(3)9(2)13(15)17-18-14/h5,7-8,11H,4,6H2,1-3H3,(H,16,18). The number of hydrogen-bond donors (Lipinski definition) is 1. The van der Waals surface area contributed by atoms with Crippen LogP contribution >= 0.6 is 22.9 Å². The highest BCUT2D eigenvalue weighted by atomic mass is 35.5. The Hall–Kier alpha value is -1.13. The fourth-order valence-electron chi connectivity index (χ4n) is 1.94. The van der Waals surface area contributed by atoms with Gasteiger partial charge in [-0.25, -0.2) is 0 Å². The largest absolute Gasteiger partial charge is 0.361 e. The van der Waals surface area contributed by atoms with Crippen LogP contribution in [0.5, 0.6) is 0 Å². The topological polar surface area (TPSA) is 37.8 Å². The molecule has 0 bridgehead atoms. The van der Waals surface area contributed by atoms with Gasteiger partial charge in [0.1, 0.15) is 0 Å². The van der Waals surface area contributed by atoms with Gasteiger partial charge in [0.15, 0.2) is 11.0 Å². The summed E-state index contributed by atoms with van der Waals surface area (Å²) < 4.78 is 0. The van der Waals surface area contributed by atoms with Gasteiger partial charge < -0.3 is 5.32 Å². The van der Waals surface area contributed by atoms with Crippen molar-refractivity contribution in [3.63, 3.8) is 0 Å². The molecule has 1 atom stereocenters. The van der Waals surface area contributed by atoms with Gasteiger partial charge in [-0.2, -0.15) is 0 Å². The average molecular weight is 296 g/mol. The summed E-state index contributed by atoms with van der Waals surface area (Å²) in [6, 6.07) is 4.53. The second-order valence-electron chi connectivity index (χ2n) is 4.59. The number of thiophene rings is 1. The number of nitrogens with zero attached hydrogens (tertiary/aromatic N) is 2. The molecule has 2 heterocycles. The molecule has 1 unspecified atom stereocenters. The molecule has 19 heavy (non-hydrogen) atoms. The first-order valence-electron chi connectivity index (χ1n) is 6.42. The van der Waals surface area contributed by atoms with E-state index in [-0.39, 0.29) is 0 Å². The van der Waals surface area contributed by atoms with Gasteiger partial charge in [0.25, 0.3) is 0 Å². The lowest BCUT2D eigenvalue weighted by Crippen LogP contribution is -2.12. The van der Waals surface area contributed by atoms with Crippen molar-refractivity contribution >= 4 is 28.8 Å². The molecule has 0 aliphatic heterocycles. The molecular weight excluding hydrogens is 278 g/mol. The first-order valence-corrected chi connectivity index (χ1v) is 7.68. The molecule has 0 fully saturated rings. The molecule has 5 heteroatoms. The number of hydrogen-bond acceptors (Lipinski definition) is 4. The van der Waals surface area contributed by atoms with Crippen molar-refractivity contribution in [2.45, 2.75) is 39.7 Å². The lowest BCUT2D eigenvalue weighted by molar-refractivity contribution is 0.681. The fraction of sp³-hybridized carbons (Fsp3) is 0.429. The predicted molar refractivity (Wildman–Crippen MR) is 82.1 cm³/mol. The molecule has 1 N–H and O–H groups in total. The van der Waals surface area contributed by atoms with E-state index in [4.69, 9.17) is 11.6 Å². The van der Waals surface area contributed by atoms with E-state index in [0.29, 0.717) is 11.2 Å². The van der Waals surface area contributed by atoms with Gasteiger partial charge in [0, 0.05) is 4.88 Å². The molecule has 0 aliphatic rings. The average Bonchev–Trinajstić information content (AvgIpc) is 2.92. The van der Waals surface area contributed by atoms with Crippen LogP contribution in [0.2, 0.25) is 5.15 Å². The third-order valence-corrected chi connectivity index (χ3v) is 4.58. The number of anilines is 1. The van der Waals surface area contributed by atoms with Gasteiger partial charge in [-0.15, -0.1) is 21.5 Å². The zero-order chi connectivity index (χ0) is 13.8. The number of rotatable bonds is 5. The van der Waals surface area contributed by atoms with Crippen molar-refractivity contribution in [1.29, 1.82) is 0 Å². The Bertz CT molecular complexity index is 540. The highest BCUT2D eigenvalue weighted by Crippen LogP contribution is 2.29. The van der Waals surface area contributed by atoms with E-state index in [2.05, 4.69) is 40.0 Å². The second kappa shape index (κ2) is 6.35. The van der Waals surface area contributed by atoms with Crippen molar-refractivity contribution in [3.8, 4) is 0 Å². The van der Waals surface area contributed by atoms with Crippen LogP contribution in [0.25, 0.3) is 0 Å². The SMILES string of the molecule is CCCC(Nc1nnc(Cl)c(C)c1C)c1cccs1. The maximum Gasteiger partial charge on any atom is 0.155 e. The van der Waals surface area contributed by atoms with Crippen LogP contribution in [0.1, 0.15) is 41.8 Å². The maximum atomic E-state index is 5.98. The van der Waals surface area contributed by atoms with Crippen LogP contribution in [-0.4, -0.2) is 10.2 Å². The molecule has 0 saturated heterocycles. The highest BCUT2D eigenvalue weighted by Gasteiger charge is 2.15. The van der Waals surface area contributed by atoms with Crippen molar-refractivity contribution in [2.75, 3.05) is 5.32 Å². The van der Waals surface area contributed by atoms with E-state index in [0.717, 1.165) is 29.8 Å². The third-order valence-electron chi connectivity index (χ3n) is 3.24. The number of aromatic nitrogens is 2. The molecule has 102 valence electrons. The Morgan fingerprint density at radius 2 is 2.11 bits per heavy atom. The molecule has 0 aliphatic carbocycles. The molecule has 0 saturated carbocycles.